The summed E-state index contributed by atoms with van der Waals surface area (Å²) >= 11 is 0. The van der Waals surface area contributed by atoms with E-state index >= 15 is 0 Å². The minimum Gasteiger partial charge on any atom is -0.488 e. The third-order valence-electron chi connectivity index (χ3n) is 5.36. The Labute approximate surface area is 163 Å². The highest BCUT2D eigenvalue weighted by Crippen LogP contribution is 2.29. The summed E-state index contributed by atoms with van der Waals surface area (Å²) in [6, 6.07) is 5.75. The van der Waals surface area contributed by atoms with E-state index in [9.17, 15) is 10.1 Å². The van der Waals surface area contributed by atoms with Gasteiger partial charge in [-0.25, -0.2) is 4.98 Å². The predicted octanol–water partition coefficient (Wildman–Crippen LogP) is 2.15. The van der Waals surface area contributed by atoms with Crippen molar-refractivity contribution in [3.05, 3.63) is 36.1 Å². The van der Waals surface area contributed by atoms with Gasteiger partial charge in [-0.1, -0.05) is 0 Å². The molecular weight excluding hydrogens is 358 g/mol. The van der Waals surface area contributed by atoms with Gasteiger partial charge < -0.3 is 19.0 Å². The molecule has 4 heterocycles. The molecule has 2 aromatic rings. The van der Waals surface area contributed by atoms with E-state index < -0.39 is 0 Å². The van der Waals surface area contributed by atoms with Crippen LogP contribution in [0.3, 0.4) is 0 Å². The van der Waals surface area contributed by atoms with Crippen LogP contribution in [0.1, 0.15) is 30.8 Å². The van der Waals surface area contributed by atoms with Crippen molar-refractivity contribution in [2.75, 3.05) is 31.1 Å². The second-order valence-corrected chi connectivity index (χ2v) is 7.26. The van der Waals surface area contributed by atoms with Gasteiger partial charge >= 0.3 is 0 Å². The van der Waals surface area contributed by atoms with Gasteiger partial charge in [-0.05, 0) is 25.0 Å². The molecule has 0 aromatic carbocycles. The lowest BCUT2D eigenvalue weighted by atomic mass is 9.95. The van der Waals surface area contributed by atoms with Crippen LogP contribution in [-0.2, 0) is 4.79 Å². The number of ether oxygens (including phenoxy) is 1. The molecule has 0 N–H and O–H groups in total. The summed E-state index contributed by atoms with van der Waals surface area (Å²) in [4.78, 5) is 24.9. The Balaban J connectivity index is 1.30. The van der Waals surface area contributed by atoms with Gasteiger partial charge in [-0.2, -0.15) is 5.26 Å². The summed E-state index contributed by atoms with van der Waals surface area (Å²) in [5.74, 6) is 2.01. The van der Waals surface area contributed by atoms with Crippen LogP contribution in [0.5, 0.6) is 5.75 Å². The van der Waals surface area contributed by atoms with Gasteiger partial charge in [0.15, 0.2) is 5.89 Å². The maximum Gasteiger partial charge on any atom is 0.234 e. The highest BCUT2D eigenvalue weighted by molar-refractivity contribution is 5.79. The molecule has 2 aromatic heterocycles. The lowest BCUT2D eigenvalue weighted by Crippen LogP contribution is -2.42. The minimum absolute atomic E-state index is 0.00507. The zero-order valence-corrected chi connectivity index (χ0v) is 15.9. The van der Waals surface area contributed by atoms with Gasteiger partial charge in [0.05, 0.1) is 6.54 Å². The number of likely N-dealkylation sites (tertiary alicyclic amines) is 1. The fraction of sp³-hybridized carbons (Fsp3) is 0.500. The molecule has 28 heavy (non-hydrogen) atoms. The number of hydrogen-bond donors (Lipinski definition) is 0. The van der Waals surface area contributed by atoms with Crippen molar-refractivity contribution in [2.24, 2.45) is 5.92 Å². The number of hydrogen-bond acceptors (Lipinski definition) is 7. The van der Waals surface area contributed by atoms with E-state index in [1.54, 1.807) is 19.3 Å². The number of oxazole rings is 1. The first-order valence-electron chi connectivity index (χ1n) is 9.62. The number of aromatic nitrogens is 2. The number of aryl methyl sites for hydroxylation is 1. The minimum atomic E-state index is 0.00507. The number of nitrogens with zero attached hydrogens (tertiary/aromatic N) is 5. The largest absolute Gasteiger partial charge is 0.488 e. The topological polar surface area (TPSA) is 95.5 Å². The van der Waals surface area contributed by atoms with Crippen molar-refractivity contribution in [3.8, 4) is 11.8 Å². The van der Waals surface area contributed by atoms with Gasteiger partial charge in [0.2, 0.25) is 17.5 Å². The summed E-state index contributed by atoms with van der Waals surface area (Å²) < 4.78 is 11.5. The summed E-state index contributed by atoms with van der Waals surface area (Å²) in [5.41, 5.74) is 0.318. The zero-order valence-electron chi connectivity index (χ0n) is 15.9. The number of anilines is 1. The van der Waals surface area contributed by atoms with Crippen molar-refractivity contribution in [2.45, 2.75) is 32.3 Å². The molecule has 0 saturated carbocycles. The van der Waals surface area contributed by atoms with Crippen LogP contribution in [0.25, 0.3) is 0 Å². The van der Waals surface area contributed by atoms with Gasteiger partial charge in [0.25, 0.3) is 0 Å². The Kier molecular flexibility index (Phi) is 5.15. The molecule has 1 amide bonds. The van der Waals surface area contributed by atoms with Crippen LogP contribution >= 0.6 is 0 Å². The molecule has 8 nitrogen and oxygen atoms in total. The first-order chi connectivity index (χ1) is 13.6. The molecule has 0 bridgehead atoms. The Bertz CT molecular complexity index is 868. The van der Waals surface area contributed by atoms with E-state index in [1.807, 2.05) is 21.9 Å². The van der Waals surface area contributed by atoms with Crippen molar-refractivity contribution >= 4 is 11.8 Å². The number of rotatable bonds is 4. The van der Waals surface area contributed by atoms with Gasteiger partial charge in [-0.15, -0.1) is 0 Å². The molecule has 0 aliphatic carbocycles. The van der Waals surface area contributed by atoms with Crippen LogP contribution in [0.4, 0.5) is 5.88 Å². The van der Waals surface area contributed by atoms with Crippen molar-refractivity contribution in [3.63, 3.8) is 0 Å². The van der Waals surface area contributed by atoms with Crippen LogP contribution in [0.15, 0.2) is 28.9 Å². The average Bonchev–Trinajstić information content (AvgIpc) is 3.34. The number of amides is 1. The maximum absolute atomic E-state index is 12.9. The molecule has 2 fully saturated rings. The highest BCUT2D eigenvalue weighted by atomic mass is 16.5. The lowest BCUT2D eigenvalue weighted by molar-refractivity contribution is -0.135. The first-order valence-corrected chi connectivity index (χ1v) is 9.62. The fourth-order valence-corrected chi connectivity index (χ4v) is 3.93. The molecule has 1 atom stereocenters. The van der Waals surface area contributed by atoms with Crippen molar-refractivity contribution in [1.29, 1.82) is 5.26 Å². The molecule has 0 radical (unpaired) electrons. The molecule has 8 heteroatoms. The SMILES string of the molecule is Cc1nc(C#N)c(N2CCC(C(=O)N3CC[C@@H](Oc4ccncc4)C3)CC2)o1. The second kappa shape index (κ2) is 7.89. The third-order valence-corrected chi connectivity index (χ3v) is 5.36. The molecule has 4 rings (SSSR count). The van der Waals surface area contributed by atoms with Crippen LogP contribution in [0.2, 0.25) is 0 Å². The molecule has 2 aliphatic heterocycles. The van der Waals surface area contributed by atoms with E-state index in [-0.39, 0.29) is 17.9 Å². The Morgan fingerprint density at radius 2 is 2.00 bits per heavy atom. The Morgan fingerprint density at radius 1 is 1.25 bits per heavy atom. The molecule has 2 aliphatic rings. The third kappa shape index (κ3) is 3.79. The fourth-order valence-electron chi connectivity index (χ4n) is 3.93. The molecule has 2 saturated heterocycles. The zero-order chi connectivity index (χ0) is 19.5. The van der Waals surface area contributed by atoms with Crippen LogP contribution < -0.4 is 9.64 Å². The van der Waals surface area contributed by atoms with Crippen LogP contribution in [-0.4, -0.2) is 53.1 Å². The predicted molar refractivity (Wildman–Crippen MR) is 101 cm³/mol. The lowest BCUT2D eigenvalue weighted by Gasteiger charge is -2.32. The number of nitriles is 1. The summed E-state index contributed by atoms with van der Waals surface area (Å²) in [7, 11) is 0. The molecular formula is C20H23N5O3. The van der Waals surface area contributed by atoms with Gasteiger partial charge in [-0.3, -0.25) is 9.78 Å². The average molecular weight is 381 g/mol. The summed E-state index contributed by atoms with van der Waals surface area (Å²) in [5, 5.41) is 9.20. The van der Waals surface area contributed by atoms with Crippen LogP contribution in [0, 0.1) is 24.2 Å². The van der Waals surface area contributed by atoms with E-state index in [4.69, 9.17) is 9.15 Å². The van der Waals surface area contributed by atoms with E-state index in [0.717, 1.165) is 31.6 Å². The molecule has 0 spiro atoms. The molecule has 146 valence electrons. The van der Waals surface area contributed by atoms with E-state index in [2.05, 4.69) is 16.0 Å². The number of pyridine rings is 1. The normalized spacial score (nSPS) is 20.2. The number of carbonyl (C=O) groups is 1. The van der Waals surface area contributed by atoms with E-state index in [0.29, 0.717) is 37.1 Å². The van der Waals surface area contributed by atoms with Gasteiger partial charge in [0, 0.05) is 51.3 Å². The molecule has 0 unspecified atom stereocenters. The Hall–Kier alpha value is -3.08. The van der Waals surface area contributed by atoms with Gasteiger partial charge in [0.1, 0.15) is 17.9 Å². The Morgan fingerprint density at radius 3 is 2.71 bits per heavy atom. The monoisotopic (exact) mass is 381 g/mol. The smallest absolute Gasteiger partial charge is 0.234 e. The highest BCUT2D eigenvalue weighted by Gasteiger charge is 2.34. The quantitative estimate of drug-likeness (QED) is 0.801. The van der Waals surface area contributed by atoms with E-state index in [1.165, 1.54) is 0 Å². The van der Waals surface area contributed by atoms with Crippen molar-refractivity contribution < 1.29 is 13.9 Å². The maximum atomic E-state index is 12.9. The van der Waals surface area contributed by atoms with Crippen molar-refractivity contribution in [1.82, 2.24) is 14.9 Å². The standard InChI is InChI=1S/C20H23N5O3/c1-14-23-18(12-21)20(27-14)24-9-4-15(5-10-24)19(26)25-11-6-17(13-25)28-16-2-7-22-8-3-16/h2-3,7-8,15,17H,4-6,9-11,13H2,1H3/t17-/m1/s1. The summed E-state index contributed by atoms with van der Waals surface area (Å²) in [6.45, 7) is 4.46. The first kappa shape index (κ1) is 18.3. The summed E-state index contributed by atoms with van der Waals surface area (Å²) in [6.07, 6.45) is 5.77. The number of carbonyl (C=O) groups excluding carboxylic acids is 1. The number of piperidine rings is 1. The second-order valence-electron chi connectivity index (χ2n) is 7.26.